The summed E-state index contributed by atoms with van der Waals surface area (Å²) in [4.78, 5) is 27.8. The lowest BCUT2D eigenvalue weighted by molar-refractivity contribution is -0.137. The fourth-order valence-electron chi connectivity index (χ4n) is 2.55. The van der Waals surface area contributed by atoms with Gasteiger partial charge in [-0.15, -0.1) is 0 Å². The number of ether oxygens (including phenoxy) is 1. The van der Waals surface area contributed by atoms with Crippen molar-refractivity contribution >= 4 is 17.7 Å². The first-order valence-electron chi connectivity index (χ1n) is 9.29. The number of pyridine rings is 1. The molecule has 0 aliphatic rings. The Morgan fingerprint density at radius 1 is 1.03 bits per heavy atom. The Labute approximate surface area is 172 Å². The molecule has 2 aromatic rings. The van der Waals surface area contributed by atoms with E-state index < -0.39 is 29.3 Å². The molecule has 0 unspecified atom stereocenters. The number of hydrogen-bond acceptors (Lipinski definition) is 4. The van der Waals surface area contributed by atoms with Crippen molar-refractivity contribution in [1.82, 2.24) is 10.3 Å². The zero-order valence-electron chi connectivity index (χ0n) is 17.0. The van der Waals surface area contributed by atoms with Gasteiger partial charge in [0, 0.05) is 31.0 Å². The minimum atomic E-state index is -4.60. The van der Waals surface area contributed by atoms with Crippen molar-refractivity contribution in [1.29, 1.82) is 0 Å². The number of hydrogen-bond donors (Lipinski definition) is 2. The number of amides is 2. The van der Waals surface area contributed by atoms with Crippen molar-refractivity contribution in [3.63, 3.8) is 0 Å². The molecule has 0 spiro atoms. The molecule has 2 rings (SSSR count). The van der Waals surface area contributed by atoms with Crippen LogP contribution in [0.25, 0.3) is 0 Å². The largest absolute Gasteiger partial charge is 0.444 e. The number of alkyl halides is 3. The van der Waals surface area contributed by atoms with Gasteiger partial charge in [0.15, 0.2) is 0 Å². The topological polar surface area (TPSA) is 80.3 Å². The van der Waals surface area contributed by atoms with Gasteiger partial charge in [-0.2, -0.15) is 13.2 Å². The average Bonchev–Trinajstić information content (AvgIpc) is 2.63. The highest BCUT2D eigenvalue weighted by molar-refractivity contribution is 5.91. The van der Waals surface area contributed by atoms with E-state index in [9.17, 15) is 22.8 Å². The number of aryl methyl sites for hydroxylation is 1. The molecule has 0 aliphatic carbocycles. The molecule has 162 valence electrons. The second kappa shape index (κ2) is 9.60. The van der Waals surface area contributed by atoms with Crippen molar-refractivity contribution < 1.29 is 27.5 Å². The van der Waals surface area contributed by atoms with E-state index in [1.807, 2.05) is 0 Å². The Morgan fingerprint density at radius 3 is 2.30 bits per heavy atom. The fraction of sp³-hybridized carbons (Fsp3) is 0.381. The number of carbonyl (C=O) groups excluding carboxylic acids is 2. The molecule has 1 aromatic heterocycles. The zero-order valence-corrected chi connectivity index (χ0v) is 17.0. The number of anilines is 1. The number of nitrogens with one attached hydrogen (secondary N) is 2. The Hall–Kier alpha value is -3.10. The van der Waals surface area contributed by atoms with Crippen LogP contribution in [0.2, 0.25) is 0 Å². The van der Waals surface area contributed by atoms with Gasteiger partial charge in [0.2, 0.25) is 5.91 Å². The molecule has 30 heavy (non-hydrogen) atoms. The van der Waals surface area contributed by atoms with Crippen LogP contribution in [-0.4, -0.2) is 22.6 Å². The minimum absolute atomic E-state index is 0.00513. The summed E-state index contributed by atoms with van der Waals surface area (Å²) in [6.07, 6.45) is -1.61. The highest BCUT2D eigenvalue weighted by Gasteiger charge is 2.31. The number of carbonyl (C=O) groups is 2. The van der Waals surface area contributed by atoms with Crippen molar-refractivity contribution in [2.75, 3.05) is 5.32 Å². The van der Waals surface area contributed by atoms with Crippen LogP contribution in [0.1, 0.15) is 43.9 Å². The third-order valence-electron chi connectivity index (χ3n) is 3.83. The molecule has 9 heteroatoms. The number of rotatable bonds is 6. The molecule has 6 nitrogen and oxygen atoms in total. The van der Waals surface area contributed by atoms with Gasteiger partial charge in [0.1, 0.15) is 5.60 Å². The van der Waals surface area contributed by atoms with Gasteiger partial charge < -0.3 is 15.4 Å². The van der Waals surface area contributed by atoms with E-state index in [1.54, 1.807) is 45.3 Å². The predicted octanol–water partition coefficient (Wildman–Crippen LogP) is 4.70. The van der Waals surface area contributed by atoms with Gasteiger partial charge in [0.05, 0.1) is 5.56 Å². The molecular weight excluding hydrogens is 399 g/mol. The number of alkyl carbamates (subject to hydrolysis) is 1. The molecule has 2 N–H and O–H groups in total. The Morgan fingerprint density at radius 2 is 1.70 bits per heavy atom. The lowest BCUT2D eigenvalue weighted by Crippen LogP contribution is -2.32. The maximum Gasteiger partial charge on any atom is 0.416 e. The Balaban J connectivity index is 2.07. The van der Waals surface area contributed by atoms with Gasteiger partial charge in [-0.05, 0) is 68.7 Å². The number of aromatic nitrogens is 1. The molecule has 0 radical (unpaired) electrons. The van der Waals surface area contributed by atoms with E-state index in [1.165, 1.54) is 6.07 Å². The van der Waals surface area contributed by atoms with Crippen LogP contribution in [0.4, 0.5) is 23.7 Å². The van der Waals surface area contributed by atoms with Crippen molar-refractivity contribution in [2.45, 2.75) is 51.9 Å². The number of benzene rings is 1. The van der Waals surface area contributed by atoms with E-state index in [0.717, 1.165) is 17.7 Å². The lowest BCUT2D eigenvalue weighted by Gasteiger charge is -2.20. The van der Waals surface area contributed by atoms with Crippen LogP contribution in [0.5, 0.6) is 0 Å². The highest BCUT2D eigenvalue weighted by atomic mass is 19.4. The van der Waals surface area contributed by atoms with E-state index >= 15 is 0 Å². The summed E-state index contributed by atoms with van der Waals surface area (Å²) < 4.78 is 44.8. The first-order chi connectivity index (χ1) is 13.9. The quantitative estimate of drug-likeness (QED) is 0.706. The maximum absolute atomic E-state index is 13.2. The zero-order chi connectivity index (χ0) is 22.4. The Bertz CT molecular complexity index is 879. The standard InChI is InChI=1S/C21H24F3N3O3/c1-20(2,3)30-19(29)26-13-15-10-16(21(22,23)24)12-17(11-15)27-18(28)5-4-14-6-8-25-9-7-14/h6-12H,4-5,13H2,1-3H3,(H,26,29)(H,27,28). The van der Waals surface area contributed by atoms with Gasteiger partial charge in [-0.25, -0.2) is 4.79 Å². The summed E-state index contributed by atoms with van der Waals surface area (Å²) in [7, 11) is 0. The second-order valence-corrected chi connectivity index (χ2v) is 7.68. The highest BCUT2D eigenvalue weighted by Crippen LogP contribution is 2.32. The molecule has 0 fully saturated rings. The molecule has 0 bridgehead atoms. The molecule has 1 heterocycles. The summed E-state index contributed by atoms with van der Waals surface area (Å²) in [5.74, 6) is -0.419. The van der Waals surface area contributed by atoms with Crippen LogP contribution in [-0.2, 0) is 28.7 Å². The smallest absolute Gasteiger partial charge is 0.416 e. The van der Waals surface area contributed by atoms with Crippen LogP contribution in [0.15, 0.2) is 42.7 Å². The van der Waals surface area contributed by atoms with Gasteiger partial charge in [0.25, 0.3) is 0 Å². The molecule has 1 aromatic carbocycles. The SMILES string of the molecule is CC(C)(C)OC(=O)NCc1cc(NC(=O)CCc2ccncc2)cc(C(F)(F)F)c1. The summed E-state index contributed by atoms with van der Waals surface area (Å²) >= 11 is 0. The normalized spacial score (nSPS) is 11.7. The van der Waals surface area contributed by atoms with Crippen LogP contribution < -0.4 is 10.6 Å². The fourth-order valence-corrected chi connectivity index (χ4v) is 2.55. The molecular formula is C21H24F3N3O3. The first-order valence-corrected chi connectivity index (χ1v) is 9.29. The third kappa shape index (κ3) is 8.10. The van der Waals surface area contributed by atoms with Gasteiger partial charge in [-0.1, -0.05) is 0 Å². The van der Waals surface area contributed by atoms with Crippen LogP contribution in [0, 0.1) is 0 Å². The van der Waals surface area contributed by atoms with E-state index in [4.69, 9.17) is 4.74 Å². The molecule has 0 aliphatic heterocycles. The number of halogens is 3. The predicted molar refractivity (Wildman–Crippen MR) is 106 cm³/mol. The maximum atomic E-state index is 13.2. The average molecular weight is 423 g/mol. The lowest BCUT2D eigenvalue weighted by atomic mass is 10.1. The summed E-state index contributed by atoms with van der Waals surface area (Å²) in [6, 6.07) is 6.69. The van der Waals surface area contributed by atoms with E-state index in [0.29, 0.717) is 6.42 Å². The van der Waals surface area contributed by atoms with Crippen molar-refractivity contribution in [2.24, 2.45) is 0 Å². The minimum Gasteiger partial charge on any atom is -0.444 e. The van der Waals surface area contributed by atoms with Crippen molar-refractivity contribution in [3.05, 3.63) is 59.4 Å². The van der Waals surface area contributed by atoms with E-state index in [-0.39, 0.29) is 24.2 Å². The van der Waals surface area contributed by atoms with Gasteiger partial charge in [-0.3, -0.25) is 9.78 Å². The molecule has 0 saturated carbocycles. The monoisotopic (exact) mass is 423 g/mol. The van der Waals surface area contributed by atoms with Crippen LogP contribution in [0.3, 0.4) is 0 Å². The summed E-state index contributed by atoms with van der Waals surface area (Å²) in [5, 5.41) is 4.91. The summed E-state index contributed by atoms with van der Waals surface area (Å²) in [6.45, 7) is 4.85. The number of nitrogens with zero attached hydrogens (tertiary/aromatic N) is 1. The van der Waals surface area contributed by atoms with Crippen molar-refractivity contribution in [3.8, 4) is 0 Å². The second-order valence-electron chi connectivity index (χ2n) is 7.68. The van der Waals surface area contributed by atoms with E-state index in [2.05, 4.69) is 15.6 Å². The third-order valence-corrected chi connectivity index (χ3v) is 3.83. The Kier molecular flexibility index (Phi) is 7.42. The first kappa shape index (κ1) is 23.2. The van der Waals surface area contributed by atoms with Crippen LogP contribution >= 0.6 is 0 Å². The summed E-state index contributed by atoms with van der Waals surface area (Å²) in [5.41, 5.74) is -0.571. The molecule has 2 amide bonds. The van der Waals surface area contributed by atoms with Gasteiger partial charge >= 0.3 is 12.3 Å². The molecule has 0 saturated heterocycles. The molecule has 0 atom stereocenters.